The Morgan fingerprint density at radius 2 is 2.27 bits per heavy atom. The maximum Gasteiger partial charge on any atom is 0.337 e. The van der Waals surface area contributed by atoms with Gasteiger partial charge in [-0.25, -0.2) is 18.1 Å². The summed E-state index contributed by atoms with van der Waals surface area (Å²) in [5.74, 6) is -1.17. The fourth-order valence-corrected chi connectivity index (χ4v) is 1.32. The summed E-state index contributed by atoms with van der Waals surface area (Å²) in [5, 5.41) is 12.4. The average Bonchev–Trinajstić information content (AvgIpc) is 2.60. The maximum atomic E-state index is 12.3. The Kier molecular flexibility index (Phi) is 2.11. The maximum absolute atomic E-state index is 12.3. The van der Waals surface area contributed by atoms with E-state index in [1.165, 1.54) is 18.3 Å². The van der Waals surface area contributed by atoms with Gasteiger partial charge in [-0.05, 0) is 18.2 Å². The molecule has 2 aromatic heterocycles. The Hall–Kier alpha value is -1.98. The smallest absolute Gasteiger partial charge is 0.337 e. The van der Waals surface area contributed by atoms with E-state index in [0.29, 0.717) is 0 Å². The number of rotatable bonds is 2. The fourth-order valence-electron chi connectivity index (χ4n) is 1.32. The first-order valence-electron chi connectivity index (χ1n) is 4.09. The van der Waals surface area contributed by atoms with Crippen LogP contribution in [0.1, 0.15) is 22.5 Å². The molecule has 0 saturated heterocycles. The Bertz CT molecular complexity index is 522. The van der Waals surface area contributed by atoms with Gasteiger partial charge in [0.05, 0.1) is 11.1 Å². The molecule has 4 nitrogen and oxygen atoms in total. The molecule has 2 rings (SSSR count). The summed E-state index contributed by atoms with van der Waals surface area (Å²) in [6.07, 6.45) is -1.28. The van der Waals surface area contributed by atoms with E-state index in [-0.39, 0.29) is 11.1 Å². The van der Waals surface area contributed by atoms with Crippen LogP contribution in [0.25, 0.3) is 5.52 Å². The third kappa shape index (κ3) is 1.54. The van der Waals surface area contributed by atoms with Gasteiger partial charge in [0.1, 0.15) is 5.69 Å². The number of alkyl halides is 2. The first-order valence-corrected chi connectivity index (χ1v) is 4.09. The van der Waals surface area contributed by atoms with Crippen molar-refractivity contribution in [2.75, 3.05) is 0 Å². The quantitative estimate of drug-likeness (QED) is 0.827. The normalized spacial score (nSPS) is 11.1. The Balaban J connectivity index is 2.70. The zero-order valence-electron chi connectivity index (χ0n) is 7.39. The molecule has 0 radical (unpaired) electrons. The average molecular weight is 212 g/mol. The van der Waals surface area contributed by atoms with Gasteiger partial charge in [0.15, 0.2) is 0 Å². The molecule has 1 N–H and O–H groups in total. The van der Waals surface area contributed by atoms with Crippen LogP contribution < -0.4 is 0 Å². The van der Waals surface area contributed by atoms with Gasteiger partial charge in [0.2, 0.25) is 0 Å². The van der Waals surface area contributed by atoms with Crippen LogP contribution in [0.3, 0.4) is 0 Å². The summed E-state index contributed by atoms with van der Waals surface area (Å²) < 4.78 is 25.8. The molecule has 0 spiro atoms. The van der Waals surface area contributed by atoms with Crippen molar-refractivity contribution in [3.05, 3.63) is 35.7 Å². The number of carbonyl (C=O) groups is 1. The minimum Gasteiger partial charge on any atom is -0.478 e. The summed E-state index contributed by atoms with van der Waals surface area (Å²) in [6, 6.07) is 3.86. The van der Waals surface area contributed by atoms with Gasteiger partial charge in [0.25, 0.3) is 6.43 Å². The molecule has 0 amide bonds. The van der Waals surface area contributed by atoms with Gasteiger partial charge in [-0.2, -0.15) is 5.10 Å². The van der Waals surface area contributed by atoms with Crippen molar-refractivity contribution in [3.63, 3.8) is 0 Å². The van der Waals surface area contributed by atoms with Crippen molar-refractivity contribution in [3.8, 4) is 0 Å². The number of aromatic nitrogens is 2. The highest BCUT2D eigenvalue weighted by atomic mass is 19.3. The zero-order chi connectivity index (χ0) is 11.0. The lowest BCUT2D eigenvalue weighted by Crippen LogP contribution is -1.99. The van der Waals surface area contributed by atoms with Crippen molar-refractivity contribution in [1.82, 2.24) is 9.61 Å². The molecular formula is C9H6F2N2O2. The molecule has 0 atom stereocenters. The molecule has 2 heterocycles. The van der Waals surface area contributed by atoms with E-state index in [2.05, 4.69) is 5.10 Å². The van der Waals surface area contributed by atoms with E-state index in [9.17, 15) is 13.6 Å². The number of aromatic carboxylic acids is 1. The van der Waals surface area contributed by atoms with Crippen molar-refractivity contribution >= 4 is 11.5 Å². The number of halogens is 2. The molecule has 2 aromatic rings. The molecule has 0 unspecified atom stereocenters. The highest BCUT2D eigenvalue weighted by Crippen LogP contribution is 2.20. The van der Waals surface area contributed by atoms with Gasteiger partial charge in [-0.1, -0.05) is 0 Å². The number of hydrogen-bond donors (Lipinski definition) is 1. The van der Waals surface area contributed by atoms with Gasteiger partial charge in [0, 0.05) is 6.20 Å². The summed E-state index contributed by atoms with van der Waals surface area (Å²) in [5.41, 5.74) is -0.305. The van der Waals surface area contributed by atoms with E-state index in [1.54, 1.807) is 0 Å². The van der Waals surface area contributed by atoms with Gasteiger partial charge < -0.3 is 5.11 Å². The predicted octanol–water partition coefficient (Wildman–Crippen LogP) is 1.97. The summed E-state index contributed by atoms with van der Waals surface area (Å²) in [7, 11) is 0. The third-order valence-corrected chi connectivity index (χ3v) is 1.97. The first-order chi connectivity index (χ1) is 7.09. The summed E-state index contributed by atoms with van der Waals surface area (Å²) >= 11 is 0. The van der Waals surface area contributed by atoms with Crippen LogP contribution in [0.5, 0.6) is 0 Å². The standard InChI is InChI=1S/C9H6F2N2O2/c10-8(11)6-4-7-5(9(14)15)2-1-3-13(7)12-6/h1-4,8H,(H,14,15). The number of pyridine rings is 1. The van der Waals surface area contributed by atoms with Gasteiger partial charge >= 0.3 is 5.97 Å². The summed E-state index contributed by atoms with van der Waals surface area (Å²) in [4.78, 5) is 10.8. The highest BCUT2D eigenvalue weighted by molar-refractivity contribution is 5.95. The second kappa shape index (κ2) is 3.30. The van der Waals surface area contributed by atoms with Crippen LogP contribution >= 0.6 is 0 Å². The largest absolute Gasteiger partial charge is 0.478 e. The minimum atomic E-state index is -2.70. The van der Waals surface area contributed by atoms with Crippen LogP contribution in [0.2, 0.25) is 0 Å². The molecule has 6 heteroatoms. The van der Waals surface area contributed by atoms with Crippen molar-refractivity contribution in [2.45, 2.75) is 6.43 Å². The van der Waals surface area contributed by atoms with Crippen LogP contribution in [-0.4, -0.2) is 20.7 Å². The van der Waals surface area contributed by atoms with Gasteiger partial charge in [-0.3, -0.25) is 0 Å². The second-order valence-corrected chi connectivity index (χ2v) is 2.93. The third-order valence-electron chi connectivity index (χ3n) is 1.97. The Labute approximate surface area is 82.8 Å². The van der Waals surface area contributed by atoms with E-state index in [1.807, 2.05) is 0 Å². The van der Waals surface area contributed by atoms with E-state index in [4.69, 9.17) is 5.11 Å². The topological polar surface area (TPSA) is 54.6 Å². The van der Waals surface area contributed by atoms with Crippen LogP contribution in [0, 0.1) is 0 Å². The van der Waals surface area contributed by atoms with E-state index in [0.717, 1.165) is 10.6 Å². The van der Waals surface area contributed by atoms with Crippen molar-refractivity contribution in [1.29, 1.82) is 0 Å². The first kappa shape index (κ1) is 9.57. The molecule has 0 bridgehead atoms. The molecule has 0 aliphatic rings. The Morgan fingerprint density at radius 3 is 2.87 bits per heavy atom. The van der Waals surface area contributed by atoms with E-state index >= 15 is 0 Å². The van der Waals surface area contributed by atoms with Crippen LogP contribution in [-0.2, 0) is 0 Å². The van der Waals surface area contributed by atoms with Crippen LogP contribution in [0.4, 0.5) is 8.78 Å². The number of carboxylic acid groups (broad SMARTS) is 1. The molecule has 0 aliphatic heterocycles. The number of fused-ring (bicyclic) bond motifs is 1. The lowest BCUT2D eigenvalue weighted by atomic mass is 10.2. The Morgan fingerprint density at radius 1 is 1.53 bits per heavy atom. The highest BCUT2D eigenvalue weighted by Gasteiger charge is 2.15. The molecule has 0 aliphatic carbocycles. The van der Waals surface area contributed by atoms with Crippen molar-refractivity contribution in [2.24, 2.45) is 0 Å². The minimum absolute atomic E-state index is 0.0445. The molecule has 0 saturated carbocycles. The lowest BCUT2D eigenvalue weighted by Gasteiger charge is -1.96. The molecule has 0 aromatic carbocycles. The molecule has 0 fully saturated rings. The molecule has 15 heavy (non-hydrogen) atoms. The van der Waals surface area contributed by atoms with Crippen LogP contribution in [0.15, 0.2) is 24.4 Å². The number of hydrogen-bond acceptors (Lipinski definition) is 2. The number of carboxylic acids is 1. The number of nitrogens with zero attached hydrogens (tertiary/aromatic N) is 2. The predicted molar refractivity (Wildman–Crippen MR) is 47.1 cm³/mol. The summed E-state index contributed by atoms with van der Waals surface area (Å²) in [6.45, 7) is 0. The zero-order valence-corrected chi connectivity index (χ0v) is 7.39. The van der Waals surface area contributed by atoms with Gasteiger partial charge in [-0.15, -0.1) is 0 Å². The molecule has 78 valence electrons. The lowest BCUT2D eigenvalue weighted by molar-refractivity contribution is 0.0698. The fraction of sp³-hybridized carbons (Fsp3) is 0.111. The monoisotopic (exact) mass is 212 g/mol. The van der Waals surface area contributed by atoms with E-state index < -0.39 is 18.1 Å². The SMILES string of the molecule is O=C(O)c1cccn2nc(C(F)F)cc12. The molecular weight excluding hydrogens is 206 g/mol. The second-order valence-electron chi connectivity index (χ2n) is 2.93. The van der Waals surface area contributed by atoms with Crippen molar-refractivity contribution < 1.29 is 18.7 Å².